The second-order valence-electron chi connectivity index (χ2n) is 7.58. The second kappa shape index (κ2) is 14.5. The summed E-state index contributed by atoms with van der Waals surface area (Å²) < 4.78 is 0. The summed E-state index contributed by atoms with van der Waals surface area (Å²) in [6.07, 6.45) is 7.36. The SMILES string of the molecule is Cc1ccc(C)nc1.Cc1ccc(C)nc1.Cc1ccc(C)nn1.Cc1cnc(C)nc1. The molecule has 0 saturated carbocycles. The van der Waals surface area contributed by atoms with Gasteiger partial charge in [-0.25, -0.2) is 9.97 Å². The van der Waals surface area contributed by atoms with Crippen LogP contribution in [0.25, 0.3) is 0 Å². The first kappa shape index (κ1) is 26.5. The van der Waals surface area contributed by atoms with Gasteiger partial charge in [-0.1, -0.05) is 12.1 Å². The molecule has 0 radical (unpaired) electrons. The molecule has 4 rings (SSSR count). The minimum atomic E-state index is 0.829. The van der Waals surface area contributed by atoms with Gasteiger partial charge in [0.2, 0.25) is 0 Å². The van der Waals surface area contributed by atoms with Crippen LogP contribution in [0.2, 0.25) is 0 Å². The lowest BCUT2D eigenvalue weighted by Crippen LogP contribution is -1.86. The molecule has 0 fully saturated rings. The van der Waals surface area contributed by atoms with E-state index in [0.717, 1.165) is 34.2 Å². The van der Waals surface area contributed by atoms with E-state index >= 15 is 0 Å². The van der Waals surface area contributed by atoms with Crippen molar-refractivity contribution in [3.05, 3.63) is 106 Å². The van der Waals surface area contributed by atoms with E-state index in [0.29, 0.717) is 0 Å². The van der Waals surface area contributed by atoms with E-state index in [1.807, 2.05) is 104 Å². The summed E-state index contributed by atoms with van der Waals surface area (Å²) in [6.45, 7) is 15.7. The molecule has 0 aliphatic rings. The smallest absolute Gasteiger partial charge is 0.125 e. The Balaban J connectivity index is 0.000000213. The largest absolute Gasteiger partial charge is 0.261 e. The Morgan fingerprint density at radius 1 is 0.375 bits per heavy atom. The third-order valence-electron chi connectivity index (χ3n) is 3.96. The van der Waals surface area contributed by atoms with Gasteiger partial charge >= 0.3 is 0 Å². The summed E-state index contributed by atoms with van der Waals surface area (Å²) >= 11 is 0. The maximum atomic E-state index is 4.08. The van der Waals surface area contributed by atoms with Gasteiger partial charge in [0.05, 0.1) is 11.4 Å². The summed E-state index contributed by atoms with van der Waals surface area (Å²) in [6, 6.07) is 12.0. The lowest BCUT2D eigenvalue weighted by molar-refractivity contribution is 0.941. The highest BCUT2D eigenvalue weighted by atomic mass is 15.1. The highest BCUT2D eigenvalue weighted by Gasteiger charge is 1.84. The van der Waals surface area contributed by atoms with Gasteiger partial charge < -0.3 is 0 Å². The van der Waals surface area contributed by atoms with Crippen LogP contribution < -0.4 is 0 Å². The van der Waals surface area contributed by atoms with Crippen molar-refractivity contribution in [1.29, 1.82) is 0 Å². The van der Waals surface area contributed by atoms with Crippen molar-refractivity contribution in [2.24, 2.45) is 0 Å². The maximum absolute atomic E-state index is 4.08. The maximum Gasteiger partial charge on any atom is 0.125 e. The lowest BCUT2D eigenvalue weighted by atomic mass is 10.3. The molecule has 0 atom stereocenters. The molecule has 4 aromatic rings. The fourth-order valence-electron chi connectivity index (χ4n) is 2.01. The van der Waals surface area contributed by atoms with Crippen molar-refractivity contribution in [2.75, 3.05) is 0 Å². The zero-order valence-electron chi connectivity index (χ0n) is 20.5. The molecular weight excluding hydrogens is 396 g/mol. The molecule has 32 heavy (non-hydrogen) atoms. The van der Waals surface area contributed by atoms with Gasteiger partial charge in [-0.2, -0.15) is 10.2 Å². The van der Waals surface area contributed by atoms with Gasteiger partial charge in [-0.3, -0.25) is 9.97 Å². The van der Waals surface area contributed by atoms with Crippen molar-refractivity contribution in [3.63, 3.8) is 0 Å². The van der Waals surface area contributed by atoms with Crippen molar-refractivity contribution in [1.82, 2.24) is 30.1 Å². The van der Waals surface area contributed by atoms with Crippen molar-refractivity contribution < 1.29 is 0 Å². The summed E-state index contributed by atoms with van der Waals surface area (Å²) in [7, 11) is 0. The number of aromatic nitrogens is 6. The third-order valence-corrected chi connectivity index (χ3v) is 3.96. The molecule has 0 amide bonds. The topological polar surface area (TPSA) is 77.3 Å². The van der Waals surface area contributed by atoms with Crippen molar-refractivity contribution >= 4 is 0 Å². The predicted octanol–water partition coefficient (Wildman–Crippen LogP) is 5.58. The molecule has 0 unspecified atom stereocenters. The van der Waals surface area contributed by atoms with Crippen LogP contribution in [0.3, 0.4) is 0 Å². The molecule has 0 aliphatic carbocycles. The van der Waals surface area contributed by atoms with Crippen LogP contribution in [-0.4, -0.2) is 30.1 Å². The summed E-state index contributed by atoms with van der Waals surface area (Å²) in [5.74, 6) is 0.829. The van der Waals surface area contributed by atoms with Gasteiger partial charge in [0, 0.05) is 36.2 Å². The fourth-order valence-corrected chi connectivity index (χ4v) is 2.01. The van der Waals surface area contributed by atoms with Gasteiger partial charge in [-0.15, -0.1) is 0 Å². The summed E-state index contributed by atoms with van der Waals surface area (Å²) in [5, 5.41) is 7.66. The van der Waals surface area contributed by atoms with Gasteiger partial charge in [-0.05, 0) is 96.3 Å². The van der Waals surface area contributed by atoms with E-state index < -0.39 is 0 Å². The normalized spacial score (nSPS) is 9.25. The van der Waals surface area contributed by atoms with Gasteiger partial charge in [0.25, 0.3) is 0 Å². The van der Waals surface area contributed by atoms with E-state index in [1.165, 1.54) is 11.1 Å². The van der Waals surface area contributed by atoms with E-state index in [2.05, 4.69) is 42.3 Å². The van der Waals surface area contributed by atoms with Crippen LogP contribution in [0.5, 0.6) is 0 Å². The minimum absolute atomic E-state index is 0.829. The first-order chi connectivity index (χ1) is 15.2. The first-order valence-electron chi connectivity index (χ1n) is 10.5. The van der Waals surface area contributed by atoms with E-state index in [1.54, 1.807) is 0 Å². The summed E-state index contributed by atoms with van der Waals surface area (Å²) in [4.78, 5) is 16.1. The molecule has 6 nitrogen and oxygen atoms in total. The number of aryl methyl sites for hydroxylation is 8. The Labute approximate surface area is 192 Å². The lowest BCUT2D eigenvalue weighted by Gasteiger charge is -1.89. The van der Waals surface area contributed by atoms with Gasteiger partial charge in [0.15, 0.2) is 0 Å². The molecule has 4 aromatic heterocycles. The predicted molar refractivity (Wildman–Crippen MR) is 130 cm³/mol. The van der Waals surface area contributed by atoms with Gasteiger partial charge in [0.1, 0.15) is 5.82 Å². The molecule has 0 spiro atoms. The van der Waals surface area contributed by atoms with Crippen LogP contribution in [0.1, 0.15) is 45.3 Å². The van der Waals surface area contributed by atoms with E-state index in [-0.39, 0.29) is 0 Å². The Hall–Kier alpha value is -3.54. The molecule has 0 bridgehead atoms. The Kier molecular flexibility index (Phi) is 12.0. The second-order valence-corrected chi connectivity index (χ2v) is 7.58. The average molecular weight is 431 g/mol. The van der Waals surface area contributed by atoms with Crippen LogP contribution in [-0.2, 0) is 0 Å². The number of rotatable bonds is 0. The highest BCUT2D eigenvalue weighted by Crippen LogP contribution is 1.95. The molecule has 0 aromatic carbocycles. The average Bonchev–Trinajstić information content (AvgIpc) is 2.78. The summed E-state index contributed by atoms with van der Waals surface area (Å²) in [5.41, 5.74) is 7.64. The standard InChI is InChI=1S/2C7H9N.2C6H8N2/c2*1-6-3-4-7(2)8-5-6;1-5-3-7-6(2)8-4-5;1-5-3-4-6(2)8-7-5/h2*3-5H,1-2H3;2*3-4H,1-2H3. The number of hydrogen-bond donors (Lipinski definition) is 0. The Bertz CT molecular complexity index is 752. The quantitative estimate of drug-likeness (QED) is 0.362. The number of nitrogens with zero attached hydrogens (tertiary/aromatic N) is 6. The Morgan fingerprint density at radius 3 is 0.969 bits per heavy atom. The minimum Gasteiger partial charge on any atom is -0.261 e. The number of pyridine rings is 2. The molecular formula is C26H34N6. The van der Waals surface area contributed by atoms with Crippen molar-refractivity contribution in [3.8, 4) is 0 Å². The molecule has 0 aliphatic heterocycles. The first-order valence-corrected chi connectivity index (χ1v) is 10.5. The fraction of sp³-hybridized carbons (Fsp3) is 0.308. The van der Waals surface area contributed by atoms with Crippen LogP contribution in [0, 0.1) is 55.4 Å². The zero-order valence-corrected chi connectivity index (χ0v) is 20.5. The number of hydrogen-bond acceptors (Lipinski definition) is 6. The Morgan fingerprint density at radius 2 is 0.719 bits per heavy atom. The van der Waals surface area contributed by atoms with Crippen LogP contribution >= 0.6 is 0 Å². The molecule has 0 N–H and O–H groups in total. The molecule has 168 valence electrons. The van der Waals surface area contributed by atoms with E-state index in [4.69, 9.17) is 0 Å². The van der Waals surface area contributed by atoms with Crippen LogP contribution in [0.4, 0.5) is 0 Å². The monoisotopic (exact) mass is 430 g/mol. The highest BCUT2D eigenvalue weighted by molar-refractivity contribution is 5.11. The molecule has 4 heterocycles. The third kappa shape index (κ3) is 12.9. The molecule has 0 saturated heterocycles. The van der Waals surface area contributed by atoms with Crippen LogP contribution in [0.15, 0.2) is 61.2 Å². The molecule has 6 heteroatoms. The van der Waals surface area contributed by atoms with E-state index in [9.17, 15) is 0 Å². The van der Waals surface area contributed by atoms with Crippen molar-refractivity contribution in [2.45, 2.75) is 55.4 Å². The zero-order chi connectivity index (χ0) is 23.9.